The van der Waals surface area contributed by atoms with Gasteiger partial charge < -0.3 is 10.1 Å². The van der Waals surface area contributed by atoms with Crippen molar-refractivity contribution in [3.05, 3.63) is 46.7 Å². The van der Waals surface area contributed by atoms with Crippen LogP contribution in [-0.4, -0.2) is 30.2 Å². The van der Waals surface area contributed by atoms with Gasteiger partial charge in [-0.25, -0.2) is 9.97 Å². The molecule has 0 atom stereocenters. The van der Waals surface area contributed by atoms with Gasteiger partial charge in [-0.3, -0.25) is 0 Å². The van der Waals surface area contributed by atoms with E-state index in [0.717, 1.165) is 29.3 Å². The van der Waals surface area contributed by atoms with Gasteiger partial charge in [-0.2, -0.15) is 0 Å². The van der Waals surface area contributed by atoms with Gasteiger partial charge in [0.2, 0.25) is 0 Å². The normalized spacial score (nSPS) is 10.8. The van der Waals surface area contributed by atoms with Gasteiger partial charge in [0.1, 0.15) is 0 Å². The van der Waals surface area contributed by atoms with E-state index < -0.39 is 0 Å². The van der Waals surface area contributed by atoms with E-state index in [-0.39, 0.29) is 0 Å². The Balaban J connectivity index is 2.13. The monoisotopic (exact) mass is 291 g/mol. The number of halogens is 1. The summed E-state index contributed by atoms with van der Waals surface area (Å²) in [6.07, 6.45) is 0. The van der Waals surface area contributed by atoms with Crippen molar-refractivity contribution in [3.8, 4) is 11.4 Å². The van der Waals surface area contributed by atoms with E-state index in [1.807, 2.05) is 37.3 Å². The number of ether oxygens (including phenoxy) is 1. The summed E-state index contributed by atoms with van der Waals surface area (Å²) in [7, 11) is 1.69. The second-order valence-corrected chi connectivity index (χ2v) is 4.94. The molecule has 0 aliphatic carbocycles. The van der Waals surface area contributed by atoms with Gasteiger partial charge in [0.25, 0.3) is 0 Å². The molecule has 0 spiro atoms. The maximum Gasteiger partial charge on any atom is 0.159 e. The second-order valence-electron chi connectivity index (χ2n) is 4.50. The molecule has 5 heteroatoms. The lowest BCUT2D eigenvalue weighted by atomic mass is 10.2. The summed E-state index contributed by atoms with van der Waals surface area (Å²) in [5.41, 5.74) is 2.89. The van der Waals surface area contributed by atoms with Crippen molar-refractivity contribution in [3.63, 3.8) is 0 Å². The number of methoxy groups -OCH3 is 1. The highest BCUT2D eigenvalue weighted by Crippen LogP contribution is 2.18. The Kier molecular flexibility index (Phi) is 5.47. The van der Waals surface area contributed by atoms with Crippen molar-refractivity contribution in [2.75, 3.05) is 20.3 Å². The summed E-state index contributed by atoms with van der Waals surface area (Å²) in [5.74, 6) is 0.727. The van der Waals surface area contributed by atoms with E-state index in [9.17, 15) is 0 Å². The highest BCUT2D eigenvalue weighted by Gasteiger charge is 2.05. The Bertz CT molecular complexity index is 558. The third-order valence-electron chi connectivity index (χ3n) is 2.80. The average molecular weight is 292 g/mol. The fourth-order valence-electron chi connectivity index (χ4n) is 1.84. The number of hydrogen-bond acceptors (Lipinski definition) is 4. The van der Waals surface area contributed by atoms with Gasteiger partial charge in [0, 0.05) is 36.5 Å². The molecule has 0 radical (unpaired) electrons. The minimum absolute atomic E-state index is 0.689. The van der Waals surface area contributed by atoms with Crippen molar-refractivity contribution in [2.24, 2.45) is 0 Å². The molecule has 0 bridgehead atoms. The van der Waals surface area contributed by atoms with Crippen LogP contribution in [0.5, 0.6) is 0 Å². The first-order valence-corrected chi connectivity index (χ1v) is 6.87. The molecule has 1 aromatic carbocycles. The van der Waals surface area contributed by atoms with Crippen LogP contribution in [0.2, 0.25) is 5.02 Å². The second kappa shape index (κ2) is 7.33. The Labute approximate surface area is 124 Å². The fourth-order valence-corrected chi connectivity index (χ4v) is 1.97. The smallest absolute Gasteiger partial charge is 0.159 e. The Morgan fingerprint density at radius 2 is 1.95 bits per heavy atom. The third kappa shape index (κ3) is 4.27. The summed E-state index contributed by atoms with van der Waals surface area (Å²) < 4.78 is 5.00. The summed E-state index contributed by atoms with van der Waals surface area (Å²) >= 11 is 5.90. The number of aryl methyl sites for hydroxylation is 1. The van der Waals surface area contributed by atoms with Crippen LogP contribution >= 0.6 is 11.6 Å². The molecule has 0 saturated carbocycles. The Morgan fingerprint density at radius 1 is 1.20 bits per heavy atom. The van der Waals surface area contributed by atoms with Crippen LogP contribution in [0.4, 0.5) is 0 Å². The van der Waals surface area contributed by atoms with Crippen LogP contribution in [0.3, 0.4) is 0 Å². The van der Waals surface area contributed by atoms with Gasteiger partial charge in [0.15, 0.2) is 5.82 Å². The molecular weight excluding hydrogens is 274 g/mol. The zero-order chi connectivity index (χ0) is 14.4. The number of rotatable bonds is 6. The zero-order valence-corrected chi connectivity index (χ0v) is 12.4. The largest absolute Gasteiger partial charge is 0.383 e. The van der Waals surface area contributed by atoms with E-state index in [4.69, 9.17) is 16.3 Å². The molecule has 1 heterocycles. The molecule has 0 saturated heterocycles. The van der Waals surface area contributed by atoms with Crippen molar-refractivity contribution >= 4 is 11.6 Å². The molecule has 0 unspecified atom stereocenters. The van der Waals surface area contributed by atoms with Crippen LogP contribution in [-0.2, 0) is 11.3 Å². The fraction of sp³-hybridized carbons (Fsp3) is 0.333. The van der Waals surface area contributed by atoms with Crippen LogP contribution in [0, 0.1) is 6.92 Å². The molecule has 0 aliphatic rings. The maximum atomic E-state index is 5.90. The lowest BCUT2D eigenvalue weighted by Crippen LogP contribution is -2.19. The number of aromatic nitrogens is 2. The highest BCUT2D eigenvalue weighted by molar-refractivity contribution is 6.30. The first kappa shape index (κ1) is 14.9. The summed E-state index contributed by atoms with van der Waals surface area (Å²) in [6, 6.07) is 9.54. The van der Waals surface area contributed by atoms with Crippen LogP contribution < -0.4 is 5.32 Å². The lowest BCUT2D eigenvalue weighted by molar-refractivity contribution is 0.199. The lowest BCUT2D eigenvalue weighted by Gasteiger charge is -2.07. The Hall–Kier alpha value is -1.49. The highest BCUT2D eigenvalue weighted by atomic mass is 35.5. The van der Waals surface area contributed by atoms with Gasteiger partial charge in [-0.05, 0) is 37.3 Å². The van der Waals surface area contributed by atoms with E-state index >= 15 is 0 Å². The number of nitrogens with zero attached hydrogens (tertiary/aromatic N) is 2. The maximum absolute atomic E-state index is 5.90. The molecule has 2 rings (SSSR count). The van der Waals surface area contributed by atoms with Crippen molar-refractivity contribution < 1.29 is 4.74 Å². The number of benzene rings is 1. The minimum atomic E-state index is 0.689. The van der Waals surface area contributed by atoms with E-state index in [1.165, 1.54) is 0 Å². The summed E-state index contributed by atoms with van der Waals surface area (Å²) in [4.78, 5) is 9.05. The van der Waals surface area contributed by atoms with Gasteiger partial charge in [-0.1, -0.05) is 11.6 Å². The SMILES string of the molecule is COCCNCc1cc(C)nc(-c2ccc(Cl)cc2)n1. The minimum Gasteiger partial charge on any atom is -0.383 e. The average Bonchev–Trinajstić information content (AvgIpc) is 2.44. The molecule has 0 amide bonds. The molecule has 20 heavy (non-hydrogen) atoms. The van der Waals surface area contributed by atoms with Crippen LogP contribution in [0.25, 0.3) is 11.4 Å². The number of nitrogens with one attached hydrogen (secondary N) is 1. The quantitative estimate of drug-likeness (QED) is 0.832. The summed E-state index contributed by atoms with van der Waals surface area (Å²) in [6.45, 7) is 4.16. The summed E-state index contributed by atoms with van der Waals surface area (Å²) in [5, 5.41) is 3.99. The van der Waals surface area contributed by atoms with Gasteiger partial charge in [0.05, 0.1) is 12.3 Å². The van der Waals surface area contributed by atoms with E-state index in [0.29, 0.717) is 18.2 Å². The first-order chi connectivity index (χ1) is 9.69. The molecule has 1 aromatic heterocycles. The van der Waals surface area contributed by atoms with Crippen molar-refractivity contribution in [1.29, 1.82) is 0 Å². The zero-order valence-electron chi connectivity index (χ0n) is 11.7. The third-order valence-corrected chi connectivity index (χ3v) is 3.05. The molecular formula is C15H18ClN3O. The van der Waals surface area contributed by atoms with Crippen LogP contribution in [0.1, 0.15) is 11.4 Å². The van der Waals surface area contributed by atoms with Crippen molar-refractivity contribution in [2.45, 2.75) is 13.5 Å². The topological polar surface area (TPSA) is 47.0 Å². The molecule has 106 valence electrons. The number of hydrogen-bond donors (Lipinski definition) is 1. The van der Waals surface area contributed by atoms with Gasteiger partial charge >= 0.3 is 0 Å². The predicted molar refractivity (Wildman–Crippen MR) is 80.8 cm³/mol. The molecule has 1 N–H and O–H groups in total. The van der Waals surface area contributed by atoms with Crippen LogP contribution in [0.15, 0.2) is 30.3 Å². The molecule has 2 aromatic rings. The predicted octanol–water partition coefficient (Wildman–Crippen LogP) is 2.84. The first-order valence-electron chi connectivity index (χ1n) is 6.49. The standard InChI is InChI=1S/C15H18ClN3O/c1-11-9-14(10-17-7-8-20-2)19-15(18-11)12-3-5-13(16)6-4-12/h3-6,9,17H,7-8,10H2,1-2H3. The molecule has 0 fully saturated rings. The molecule has 4 nitrogen and oxygen atoms in total. The van der Waals surface area contributed by atoms with Crippen molar-refractivity contribution in [1.82, 2.24) is 15.3 Å². The van der Waals surface area contributed by atoms with Gasteiger partial charge in [-0.15, -0.1) is 0 Å². The van der Waals surface area contributed by atoms with E-state index in [1.54, 1.807) is 7.11 Å². The molecule has 0 aliphatic heterocycles. The Morgan fingerprint density at radius 3 is 2.65 bits per heavy atom. The van der Waals surface area contributed by atoms with E-state index in [2.05, 4.69) is 15.3 Å².